The normalized spacial score (nSPS) is 16.1. The highest BCUT2D eigenvalue weighted by molar-refractivity contribution is 7.99. The number of aromatic nitrogens is 3. The smallest absolute Gasteiger partial charge is 0.322 e. The van der Waals surface area contributed by atoms with Crippen molar-refractivity contribution < 1.29 is 4.74 Å². The summed E-state index contributed by atoms with van der Waals surface area (Å²) in [5.41, 5.74) is 5.66. The van der Waals surface area contributed by atoms with Gasteiger partial charge in [0.1, 0.15) is 0 Å². The zero-order valence-electron chi connectivity index (χ0n) is 10.8. The topological polar surface area (TPSA) is 73.9 Å². The maximum Gasteiger partial charge on any atom is 0.322 e. The molecule has 1 aromatic rings. The molecule has 0 spiro atoms. The molecule has 1 heterocycles. The third-order valence-electron chi connectivity index (χ3n) is 2.97. The second-order valence-corrected chi connectivity index (χ2v) is 5.56. The van der Waals surface area contributed by atoms with Crippen molar-refractivity contribution in [3.05, 3.63) is 0 Å². The second-order valence-electron chi connectivity index (χ2n) is 4.57. The van der Waals surface area contributed by atoms with E-state index in [0.717, 1.165) is 18.1 Å². The fourth-order valence-corrected chi connectivity index (χ4v) is 3.06. The first-order valence-electron chi connectivity index (χ1n) is 6.55. The minimum atomic E-state index is 0.241. The number of rotatable bonds is 6. The molecule has 2 rings (SSSR count). The number of thioether (sulfide) groups is 1. The molecule has 1 aromatic heterocycles. The maximum atomic E-state index is 5.66. The summed E-state index contributed by atoms with van der Waals surface area (Å²) in [5, 5.41) is 0.681. The Balaban J connectivity index is 1.91. The summed E-state index contributed by atoms with van der Waals surface area (Å²) in [4.78, 5) is 12.4. The van der Waals surface area contributed by atoms with Crippen LogP contribution in [0.25, 0.3) is 0 Å². The van der Waals surface area contributed by atoms with Gasteiger partial charge < -0.3 is 10.5 Å². The van der Waals surface area contributed by atoms with E-state index in [-0.39, 0.29) is 5.95 Å². The number of nitrogens with zero attached hydrogens (tertiary/aromatic N) is 3. The average molecular weight is 268 g/mol. The highest BCUT2D eigenvalue weighted by atomic mass is 32.2. The van der Waals surface area contributed by atoms with Crippen LogP contribution in [-0.4, -0.2) is 27.3 Å². The molecular weight excluding hydrogens is 248 g/mol. The van der Waals surface area contributed by atoms with Crippen molar-refractivity contribution in [1.29, 1.82) is 0 Å². The molecule has 1 aliphatic carbocycles. The van der Waals surface area contributed by atoms with Crippen LogP contribution in [-0.2, 0) is 0 Å². The molecule has 0 amide bonds. The van der Waals surface area contributed by atoms with Crippen LogP contribution in [0.2, 0.25) is 0 Å². The lowest BCUT2D eigenvalue weighted by atomic mass is 10.1. The highest BCUT2D eigenvalue weighted by Crippen LogP contribution is 2.30. The molecule has 1 fully saturated rings. The van der Waals surface area contributed by atoms with Gasteiger partial charge in [-0.1, -0.05) is 31.5 Å². The van der Waals surface area contributed by atoms with Crippen molar-refractivity contribution in [3.8, 4) is 6.01 Å². The van der Waals surface area contributed by atoms with Crippen molar-refractivity contribution in [1.82, 2.24) is 15.0 Å². The third kappa shape index (κ3) is 4.01. The average Bonchev–Trinajstić information content (AvgIpc) is 2.86. The Labute approximate surface area is 112 Å². The van der Waals surface area contributed by atoms with E-state index in [4.69, 9.17) is 10.5 Å². The number of hydrogen-bond acceptors (Lipinski definition) is 6. The molecule has 0 bridgehead atoms. The minimum absolute atomic E-state index is 0.241. The Morgan fingerprint density at radius 2 is 2.06 bits per heavy atom. The summed E-state index contributed by atoms with van der Waals surface area (Å²) >= 11 is 1.66. The molecule has 0 saturated heterocycles. The first-order valence-corrected chi connectivity index (χ1v) is 7.53. The predicted molar refractivity (Wildman–Crippen MR) is 72.7 cm³/mol. The Hall–Kier alpha value is -1.04. The van der Waals surface area contributed by atoms with Gasteiger partial charge in [0.25, 0.3) is 0 Å². The summed E-state index contributed by atoms with van der Waals surface area (Å²) in [6, 6.07) is 0.346. The van der Waals surface area contributed by atoms with Crippen LogP contribution in [0.1, 0.15) is 39.0 Å². The molecule has 0 radical (unpaired) electrons. The summed E-state index contributed by atoms with van der Waals surface area (Å²) in [5.74, 6) is 2.11. The molecule has 5 nitrogen and oxygen atoms in total. The first kappa shape index (κ1) is 13.4. The Morgan fingerprint density at radius 1 is 1.28 bits per heavy atom. The standard InChI is InChI=1S/C12H20N4OS/c1-2-7-17-11-14-10(13)15-12(16-11)18-8-9-5-3-4-6-9/h9H,2-8H2,1H3,(H2,13,14,15,16). The maximum absolute atomic E-state index is 5.66. The van der Waals surface area contributed by atoms with E-state index in [1.54, 1.807) is 11.8 Å². The number of anilines is 1. The van der Waals surface area contributed by atoms with E-state index in [1.807, 2.05) is 6.92 Å². The molecule has 0 aromatic carbocycles. The molecule has 1 aliphatic rings. The molecule has 100 valence electrons. The molecule has 6 heteroatoms. The number of nitrogens with two attached hydrogens (primary N) is 1. The fourth-order valence-electron chi connectivity index (χ4n) is 2.04. The minimum Gasteiger partial charge on any atom is -0.463 e. The van der Waals surface area contributed by atoms with Gasteiger partial charge >= 0.3 is 6.01 Å². The van der Waals surface area contributed by atoms with Crippen LogP contribution in [0.4, 0.5) is 5.95 Å². The van der Waals surface area contributed by atoms with Crippen molar-refractivity contribution in [2.45, 2.75) is 44.2 Å². The molecule has 1 saturated carbocycles. The van der Waals surface area contributed by atoms with E-state index < -0.39 is 0 Å². The molecule has 18 heavy (non-hydrogen) atoms. The van der Waals surface area contributed by atoms with E-state index >= 15 is 0 Å². The first-order chi connectivity index (χ1) is 8.78. The number of hydrogen-bond donors (Lipinski definition) is 1. The van der Waals surface area contributed by atoms with Gasteiger partial charge in [-0.15, -0.1) is 0 Å². The summed E-state index contributed by atoms with van der Waals surface area (Å²) in [7, 11) is 0. The molecule has 2 N–H and O–H groups in total. The molecule has 0 atom stereocenters. The zero-order chi connectivity index (χ0) is 12.8. The van der Waals surface area contributed by atoms with Gasteiger partial charge in [0.05, 0.1) is 6.61 Å². The van der Waals surface area contributed by atoms with Crippen LogP contribution in [0.5, 0.6) is 6.01 Å². The van der Waals surface area contributed by atoms with Gasteiger partial charge in [0.2, 0.25) is 5.95 Å². The van der Waals surface area contributed by atoms with Crippen LogP contribution >= 0.6 is 11.8 Å². The van der Waals surface area contributed by atoms with Crippen LogP contribution < -0.4 is 10.5 Å². The zero-order valence-corrected chi connectivity index (χ0v) is 11.6. The van der Waals surface area contributed by atoms with E-state index in [1.165, 1.54) is 25.7 Å². The van der Waals surface area contributed by atoms with E-state index in [2.05, 4.69) is 15.0 Å². The van der Waals surface area contributed by atoms with Crippen molar-refractivity contribution in [2.75, 3.05) is 18.1 Å². The third-order valence-corrected chi connectivity index (χ3v) is 4.05. The highest BCUT2D eigenvalue weighted by Gasteiger charge is 2.16. The van der Waals surface area contributed by atoms with Crippen molar-refractivity contribution in [2.24, 2.45) is 5.92 Å². The van der Waals surface area contributed by atoms with Crippen LogP contribution in [0.15, 0.2) is 5.16 Å². The summed E-state index contributed by atoms with van der Waals surface area (Å²) < 4.78 is 5.39. The largest absolute Gasteiger partial charge is 0.463 e. The lowest BCUT2D eigenvalue weighted by Gasteiger charge is -2.08. The van der Waals surface area contributed by atoms with Gasteiger partial charge in [-0.05, 0) is 25.2 Å². The Bertz CT molecular complexity index is 382. The lowest BCUT2D eigenvalue weighted by molar-refractivity contribution is 0.288. The number of nitrogen functional groups attached to an aromatic ring is 1. The van der Waals surface area contributed by atoms with E-state index in [9.17, 15) is 0 Å². The quantitative estimate of drug-likeness (QED) is 0.799. The van der Waals surface area contributed by atoms with Gasteiger partial charge in [-0.3, -0.25) is 0 Å². The SMILES string of the molecule is CCCOc1nc(N)nc(SCC2CCCC2)n1. The lowest BCUT2D eigenvalue weighted by Crippen LogP contribution is -2.06. The van der Waals surface area contributed by atoms with Crippen molar-refractivity contribution in [3.63, 3.8) is 0 Å². The van der Waals surface area contributed by atoms with Crippen LogP contribution in [0, 0.1) is 5.92 Å². The second kappa shape index (κ2) is 6.78. The van der Waals surface area contributed by atoms with Gasteiger partial charge in [0.15, 0.2) is 5.16 Å². The molecular formula is C12H20N4OS. The van der Waals surface area contributed by atoms with Gasteiger partial charge in [-0.2, -0.15) is 15.0 Å². The number of ether oxygens (including phenoxy) is 1. The fraction of sp³-hybridized carbons (Fsp3) is 0.750. The summed E-state index contributed by atoms with van der Waals surface area (Å²) in [6.07, 6.45) is 6.29. The predicted octanol–water partition coefficient (Wildman–Crippen LogP) is 2.52. The van der Waals surface area contributed by atoms with Gasteiger partial charge in [-0.25, -0.2) is 0 Å². The molecule has 0 unspecified atom stereocenters. The monoisotopic (exact) mass is 268 g/mol. The Kier molecular flexibility index (Phi) is 5.04. The van der Waals surface area contributed by atoms with Gasteiger partial charge in [0, 0.05) is 5.75 Å². The van der Waals surface area contributed by atoms with E-state index in [0.29, 0.717) is 17.8 Å². The molecule has 0 aliphatic heterocycles. The summed E-state index contributed by atoms with van der Waals surface area (Å²) in [6.45, 7) is 2.65. The van der Waals surface area contributed by atoms with Crippen molar-refractivity contribution >= 4 is 17.7 Å². The van der Waals surface area contributed by atoms with Crippen LogP contribution in [0.3, 0.4) is 0 Å². The Morgan fingerprint density at radius 3 is 2.78 bits per heavy atom.